The average Bonchev–Trinajstić information content (AvgIpc) is 2.98. The van der Waals surface area contributed by atoms with Gasteiger partial charge < -0.3 is 0 Å². The van der Waals surface area contributed by atoms with E-state index >= 15 is 0 Å². The van der Waals surface area contributed by atoms with Gasteiger partial charge in [-0.1, -0.05) is 22.9 Å². The molecule has 0 aliphatic heterocycles. The normalized spacial score (nSPS) is 11.4. The summed E-state index contributed by atoms with van der Waals surface area (Å²) >= 11 is 6.68. The number of fused-ring (bicyclic) bond motifs is 1. The standard InChI is InChI=1S/C16H10ClF2N3O4S2/c1-28(25,26)7-2-3-12-13(4-7)27-16(20-12)22-15(24)21-14(23)8-5-10(18)11(19)6-9(8)17/h2-6H,1H3,(H2,20,21,22,23,24). The molecule has 0 spiro atoms. The summed E-state index contributed by atoms with van der Waals surface area (Å²) in [5.41, 5.74) is 0.0282. The van der Waals surface area contributed by atoms with E-state index in [0.29, 0.717) is 22.3 Å². The number of halogens is 3. The molecule has 0 saturated carbocycles. The first-order valence-corrected chi connectivity index (χ1v) is 10.5. The molecule has 3 aromatic rings. The van der Waals surface area contributed by atoms with Gasteiger partial charge in [-0.25, -0.2) is 27.0 Å². The molecule has 3 rings (SSSR count). The van der Waals surface area contributed by atoms with Gasteiger partial charge in [0.15, 0.2) is 26.6 Å². The number of benzene rings is 2. The highest BCUT2D eigenvalue weighted by molar-refractivity contribution is 7.90. The minimum atomic E-state index is -3.40. The minimum absolute atomic E-state index is 0.0994. The lowest BCUT2D eigenvalue weighted by molar-refractivity contribution is 0.0966. The summed E-state index contributed by atoms with van der Waals surface area (Å²) in [5, 5.41) is 3.97. The molecule has 0 unspecified atom stereocenters. The zero-order valence-corrected chi connectivity index (χ0v) is 16.3. The maximum absolute atomic E-state index is 13.3. The molecule has 146 valence electrons. The average molecular weight is 446 g/mol. The van der Waals surface area contributed by atoms with Gasteiger partial charge >= 0.3 is 6.03 Å². The molecule has 12 heteroatoms. The zero-order valence-electron chi connectivity index (χ0n) is 13.9. The van der Waals surface area contributed by atoms with Gasteiger partial charge in [-0.2, -0.15) is 0 Å². The molecule has 0 aliphatic rings. The van der Waals surface area contributed by atoms with Crippen LogP contribution >= 0.6 is 22.9 Å². The summed E-state index contributed by atoms with van der Waals surface area (Å²) in [6.07, 6.45) is 1.07. The first-order chi connectivity index (χ1) is 13.0. The number of amides is 3. The molecule has 1 aromatic heterocycles. The Morgan fingerprint density at radius 3 is 2.50 bits per heavy atom. The summed E-state index contributed by atoms with van der Waals surface area (Å²) < 4.78 is 50.0. The van der Waals surface area contributed by atoms with E-state index < -0.39 is 39.0 Å². The lowest BCUT2D eigenvalue weighted by atomic mass is 10.2. The molecule has 0 radical (unpaired) electrons. The number of anilines is 1. The number of carbonyl (C=O) groups is 2. The van der Waals surface area contributed by atoms with Crippen molar-refractivity contribution in [1.29, 1.82) is 0 Å². The molecule has 7 nitrogen and oxygen atoms in total. The van der Waals surface area contributed by atoms with Crippen LogP contribution in [0.3, 0.4) is 0 Å². The Bertz CT molecular complexity index is 1230. The van der Waals surface area contributed by atoms with Crippen LogP contribution in [0.4, 0.5) is 18.7 Å². The SMILES string of the molecule is CS(=O)(=O)c1ccc2nc(NC(=O)NC(=O)c3cc(F)c(F)cc3Cl)sc2c1. The molecule has 2 N–H and O–H groups in total. The highest BCUT2D eigenvalue weighted by atomic mass is 35.5. The summed E-state index contributed by atoms with van der Waals surface area (Å²) in [6, 6.07) is 4.50. The predicted octanol–water partition coefficient (Wildman–Crippen LogP) is 3.59. The van der Waals surface area contributed by atoms with Crippen molar-refractivity contribution in [2.24, 2.45) is 0 Å². The van der Waals surface area contributed by atoms with Gasteiger partial charge in [-0.3, -0.25) is 15.4 Å². The van der Waals surface area contributed by atoms with Crippen molar-refractivity contribution in [1.82, 2.24) is 10.3 Å². The third-order valence-electron chi connectivity index (χ3n) is 3.49. The van der Waals surface area contributed by atoms with Gasteiger partial charge in [-0.05, 0) is 30.3 Å². The third-order valence-corrected chi connectivity index (χ3v) is 5.85. The predicted molar refractivity (Wildman–Crippen MR) is 101 cm³/mol. The summed E-state index contributed by atoms with van der Waals surface area (Å²) in [4.78, 5) is 28.2. The largest absolute Gasteiger partial charge is 0.327 e. The number of aromatic nitrogens is 1. The first kappa shape index (κ1) is 20.1. The van der Waals surface area contributed by atoms with Gasteiger partial charge in [0.25, 0.3) is 5.91 Å². The second-order valence-electron chi connectivity index (χ2n) is 5.58. The van der Waals surface area contributed by atoms with Crippen LogP contribution in [0.25, 0.3) is 10.2 Å². The number of imide groups is 1. The van der Waals surface area contributed by atoms with E-state index in [-0.39, 0.29) is 15.0 Å². The molecule has 28 heavy (non-hydrogen) atoms. The Morgan fingerprint density at radius 2 is 1.82 bits per heavy atom. The topological polar surface area (TPSA) is 105 Å². The van der Waals surface area contributed by atoms with Gasteiger partial charge in [0.1, 0.15) is 0 Å². The van der Waals surface area contributed by atoms with Crippen molar-refractivity contribution in [2.45, 2.75) is 4.90 Å². The third kappa shape index (κ3) is 4.26. The zero-order chi connectivity index (χ0) is 20.6. The smallest absolute Gasteiger partial charge is 0.283 e. The minimum Gasteiger partial charge on any atom is -0.283 e. The Labute approximate surface area is 166 Å². The van der Waals surface area contributed by atoms with E-state index in [9.17, 15) is 26.8 Å². The lowest BCUT2D eigenvalue weighted by Gasteiger charge is -2.06. The van der Waals surface area contributed by atoms with E-state index in [1.165, 1.54) is 18.2 Å². The highest BCUT2D eigenvalue weighted by Gasteiger charge is 2.18. The summed E-state index contributed by atoms with van der Waals surface area (Å²) in [5.74, 6) is -3.56. The summed E-state index contributed by atoms with van der Waals surface area (Å²) in [7, 11) is -3.40. The van der Waals surface area contributed by atoms with E-state index in [1.54, 1.807) is 0 Å². The Balaban J connectivity index is 1.76. The fraction of sp³-hybridized carbons (Fsp3) is 0.0625. The second-order valence-corrected chi connectivity index (χ2v) is 9.03. The molecular weight excluding hydrogens is 436 g/mol. The highest BCUT2D eigenvalue weighted by Crippen LogP contribution is 2.28. The molecule has 2 aromatic carbocycles. The maximum atomic E-state index is 13.3. The van der Waals surface area contributed by atoms with Crippen molar-refractivity contribution in [3.05, 3.63) is 52.6 Å². The quantitative estimate of drug-likeness (QED) is 0.599. The molecule has 0 saturated heterocycles. The second kappa shape index (κ2) is 7.41. The van der Waals surface area contributed by atoms with Crippen molar-refractivity contribution in [3.8, 4) is 0 Å². The Morgan fingerprint density at radius 1 is 1.14 bits per heavy atom. The fourth-order valence-electron chi connectivity index (χ4n) is 2.18. The van der Waals surface area contributed by atoms with E-state index in [1.807, 2.05) is 5.32 Å². The number of rotatable bonds is 3. The Hall–Kier alpha value is -2.63. The van der Waals surface area contributed by atoms with Crippen molar-refractivity contribution in [2.75, 3.05) is 11.6 Å². The number of thiazole rings is 1. The monoisotopic (exact) mass is 445 g/mol. The maximum Gasteiger partial charge on any atom is 0.327 e. The Kier molecular flexibility index (Phi) is 5.33. The van der Waals surface area contributed by atoms with E-state index in [4.69, 9.17) is 11.6 Å². The number of sulfone groups is 1. The molecule has 0 bridgehead atoms. The molecule has 0 aliphatic carbocycles. The van der Waals surface area contributed by atoms with Crippen LogP contribution in [0.2, 0.25) is 5.02 Å². The van der Waals surface area contributed by atoms with Crippen molar-refractivity contribution in [3.63, 3.8) is 0 Å². The van der Waals surface area contributed by atoms with Gasteiger partial charge in [0, 0.05) is 6.26 Å². The number of hydrogen-bond donors (Lipinski definition) is 2. The number of hydrogen-bond acceptors (Lipinski definition) is 6. The van der Waals surface area contributed by atoms with Crippen LogP contribution < -0.4 is 10.6 Å². The molecular formula is C16H10ClF2N3O4S2. The van der Waals surface area contributed by atoms with Crippen LogP contribution in [0, 0.1) is 11.6 Å². The molecule has 0 fully saturated rings. The number of urea groups is 1. The number of carbonyl (C=O) groups excluding carboxylic acids is 2. The summed E-state index contributed by atoms with van der Waals surface area (Å²) in [6.45, 7) is 0. The van der Waals surface area contributed by atoms with E-state index in [0.717, 1.165) is 17.6 Å². The van der Waals surface area contributed by atoms with Gasteiger partial charge in [-0.15, -0.1) is 0 Å². The van der Waals surface area contributed by atoms with Crippen LogP contribution in [0.5, 0.6) is 0 Å². The van der Waals surface area contributed by atoms with Gasteiger partial charge in [0.2, 0.25) is 0 Å². The van der Waals surface area contributed by atoms with Crippen LogP contribution in [-0.2, 0) is 9.84 Å². The molecule has 1 heterocycles. The van der Waals surface area contributed by atoms with Crippen LogP contribution in [0.15, 0.2) is 35.2 Å². The number of nitrogens with zero attached hydrogens (tertiary/aromatic N) is 1. The van der Waals surface area contributed by atoms with E-state index in [2.05, 4.69) is 10.3 Å². The lowest BCUT2D eigenvalue weighted by Crippen LogP contribution is -2.34. The molecule has 3 amide bonds. The van der Waals surface area contributed by atoms with Crippen molar-refractivity contribution < 1.29 is 26.8 Å². The first-order valence-electron chi connectivity index (χ1n) is 7.42. The molecule has 0 atom stereocenters. The van der Waals surface area contributed by atoms with Crippen LogP contribution in [-0.4, -0.2) is 31.6 Å². The van der Waals surface area contributed by atoms with Crippen LogP contribution in [0.1, 0.15) is 10.4 Å². The van der Waals surface area contributed by atoms with Crippen molar-refractivity contribution >= 4 is 60.1 Å². The fourth-order valence-corrected chi connectivity index (χ4v) is 4.04. The number of nitrogens with one attached hydrogen (secondary N) is 2. The van der Waals surface area contributed by atoms with Gasteiger partial charge in [0.05, 0.1) is 25.7 Å².